The van der Waals surface area contributed by atoms with E-state index in [1.807, 2.05) is 0 Å². The molecule has 0 aliphatic rings. The van der Waals surface area contributed by atoms with Gasteiger partial charge in [0.2, 0.25) is 5.75 Å². The number of aliphatic hydroxyl groups is 1. The highest BCUT2D eigenvalue weighted by molar-refractivity contribution is 5.85. The number of aromatic hydroxyl groups is 3. The SMILES string of the molecule is Cl.NC(O)C(=O)NNCc1ccc(O)c(O)c1O. The van der Waals surface area contributed by atoms with Gasteiger partial charge in [-0.15, -0.1) is 12.4 Å². The fraction of sp³-hybridized carbons (Fsp3) is 0.222. The van der Waals surface area contributed by atoms with Crippen molar-refractivity contribution in [3.8, 4) is 17.2 Å². The third kappa shape index (κ3) is 3.93. The standard InChI is InChI=1S/C9H13N3O5.ClH/c10-8(16)9(17)12-11-3-4-1-2-5(13)7(15)6(4)14;/h1-2,8,11,13-16H,3,10H2,(H,12,17);1H. The molecule has 1 aromatic rings. The molecular weight excluding hydrogens is 266 g/mol. The number of amides is 1. The van der Waals surface area contributed by atoms with Crippen molar-refractivity contribution >= 4 is 18.3 Å². The number of carbonyl (C=O) groups excluding carboxylic acids is 1. The maximum atomic E-state index is 10.8. The van der Waals surface area contributed by atoms with E-state index in [1.165, 1.54) is 12.1 Å². The molecule has 0 aromatic heterocycles. The van der Waals surface area contributed by atoms with Crippen LogP contribution in [0.25, 0.3) is 0 Å². The Bertz CT molecular complexity index is 427. The molecule has 0 fully saturated rings. The quantitative estimate of drug-likeness (QED) is 0.204. The van der Waals surface area contributed by atoms with Gasteiger partial charge in [-0.1, -0.05) is 6.07 Å². The molecule has 0 radical (unpaired) electrons. The number of carbonyl (C=O) groups is 1. The van der Waals surface area contributed by atoms with Crippen molar-refractivity contribution in [3.05, 3.63) is 17.7 Å². The second-order valence-corrected chi connectivity index (χ2v) is 3.23. The summed E-state index contributed by atoms with van der Waals surface area (Å²) in [6.07, 6.45) is -1.65. The molecule has 0 bridgehead atoms. The minimum Gasteiger partial charge on any atom is -0.504 e. The van der Waals surface area contributed by atoms with Crippen LogP contribution < -0.4 is 16.6 Å². The number of nitrogens with two attached hydrogens (primary N) is 1. The van der Waals surface area contributed by atoms with Crippen LogP contribution in [-0.2, 0) is 11.3 Å². The van der Waals surface area contributed by atoms with Crippen molar-refractivity contribution in [3.63, 3.8) is 0 Å². The van der Waals surface area contributed by atoms with Crippen molar-refractivity contribution in [1.29, 1.82) is 0 Å². The molecular formula is C9H14ClN3O5. The fourth-order valence-corrected chi connectivity index (χ4v) is 1.05. The number of hydrogen-bond donors (Lipinski definition) is 7. The van der Waals surface area contributed by atoms with E-state index in [0.717, 1.165) is 0 Å². The van der Waals surface area contributed by atoms with Gasteiger partial charge in [-0.25, -0.2) is 5.43 Å². The Morgan fingerprint density at radius 2 is 1.89 bits per heavy atom. The van der Waals surface area contributed by atoms with Gasteiger partial charge in [-0.2, -0.15) is 0 Å². The maximum Gasteiger partial charge on any atom is 0.277 e. The summed E-state index contributed by atoms with van der Waals surface area (Å²) >= 11 is 0. The maximum absolute atomic E-state index is 10.8. The van der Waals surface area contributed by atoms with E-state index in [-0.39, 0.29) is 24.5 Å². The van der Waals surface area contributed by atoms with Gasteiger partial charge in [0.05, 0.1) is 0 Å². The summed E-state index contributed by atoms with van der Waals surface area (Å²) < 4.78 is 0. The molecule has 0 saturated heterocycles. The summed E-state index contributed by atoms with van der Waals surface area (Å²) in [6.45, 7) is -0.0296. The first-order valence-electron chi connectivity index (χ1n) is 4.62. The van der Waals surface area contributed by atoms with Gasteiger partial charge in [-0.05, 0) is 6.07 Å². The first-order chi connectivity index (χ1) is 7.93. The van der Waals surface area contributed by atoms with E-state index >= 15 is 0 Å². The third-order valence-electron chi connectivity index (χ3n) is 1.97. The second kappa shape index (κ2) is 6.87. The van der Waals surface area contributed by atoms with Crippen molar-refractivity contribution < 1.29 is 25.2 Å². The summed E-state index contributed by atoms with van der Waals surface area (Å²) in [5, 5.41) is 36.3. The average Bonchev–Trinajstić information content (AvgIpc) is 2.28. The van der Waals surface area contributed by atoms with Gasteiger partial charge in [-0.3, -0.25) is 16.0 Å². The zero-order chi connectivity index (χ0) is 13.0. The number of phenols is 3. The third-order valence-corrected chi connectivity index (χ3v) is 1.97. The number of phenolic OH excluding ortho intramolecular Hbond substituents is 3. The van der Waals surface area contributed by atoms with Gasteiger partial charge in [0, 0.05) is 12.1 Å². The number of hydrogen-bond acceptors (Lipinski definition) is 7. The number of rotatable bonds is 4. The predicted octanol–water partition coefficient (Wildman–Crippen LogP) is -1.38. The molecule has 1 unspecified atom stereocenters. The summed E-state index contributed by atoms with van der Waals surface area (Å²) in [5.74, 6) is -2.44. The summed E-state index contributed by atoms with van der Waals surface area (Å²) in [6, 6.07) is 2.54. The minimum absolute atomic E-state index is 0. The van der Waals surface area contributed by atoms with Gasteiger partial charge in [0.15, 0.2) is 17.7 Å². The monoisotopic (exact) mass is 279 g/mol. The molecule has 0 heterocycles. The highest BCUT2D eigenvalue weighted by Gasteiger charge is 2.12. The summed E-state index contributed by atoms with van der Waals surface area (Å²) in [7, 11) is 0. The topological polar surface area (TPSA) is 148 Å². The van der Waals surface area contributed by atoms with Crippen LogP contribution >= 0.6 is 12.4 Å². The Hall–Kier alpha value is -1.74. The van der Waals surface area contributed by atoms with Crippen LogP contribution in [0.1, 0.15) is 5.56 Å². The predicted molar refractivity (Wildman–Crippen MR) is 63.9 cm³/mol. The Labute approximate surface area is 108 Å². The molecule has 1 aromatic carbocycles. The molecule has 8 N–H and O–H groups in total. The first-order valence-corrected chi connectivity index (χ1v) is 4.62. The Morgan fingerprint density at radius 1 is 1.28 bits per heavy atom. The van der Waals surface area contributed by atoms with E-state index in [0.29, 0.717) is 0 Å². The van der Waals surface area contributed by atoms with Gasteiger partial charge < -0.3 is 20.4 Å². The molecule has 0 aliphatic heterocycles. The molecule has 0 saturated carbocycles. The van der Waals surface area contributed by atoms with Crippen LogP contribution in [0.2, 0.25) is 0 Å². The van der Waals surface area contributed by atoms with E-state index in [1.54, 1.807) is 0 Å². The summed E-state index contributed by atoms with van der Waals surface area (Å²) in [4.78, 5) is 10.8. The molecule has 0 spiro atoms. The number of halogens is 1. The molecule has 8 nitrogen and oxygen atoms in total. The lowest BCUT2D eigenvalue weighted by Gasteiger charge is -2.10. The smallest absolute Gasteiger partial charge is 0.277 e. The second-order valence-electron chi connectivity index (χ2n) is 3.23. The Kier molecular flexibility index (Phi) is 6.20. The fourth-order valence-electron chi connectivity index (χ4n) is 1.05. The molecule has 1 rings (SSSR count). The van der Waals surface area contributed by atoms with Crippen LogP contribution in [0.4, 0.5) is 0 Å². The van der Waals surface area contributed by atoms with Crippen molar-refractivity contribution in [2.24, 2.45) is 5.73 Å². The molecule has 1 atom stereocenters. The number of hydrazine groups is 1. The van der Waals surface area contributed by atoms with Crippen LogP contribution in [-0.4, -0.2) is 32.6 Å². The Balaban J connectivity index is 0.00000289. The molecule has 18 heavy (non-hydrogen) atoms. The van der Waals surface area contributed by atoms with E-state index in [2.05, 4.69) is 10.9 Å². The zero-order valence-corrected chi connectivity index (χ0v) is 9.94. The molecule has 0 aliphatic carbocycles. The minimum atomic E-state index is -1.65. The summed E-state index contributed by atoms with van der Waals surface area (Å²) in [5.41, 5.74) is 9.56. The first kappa shape index (κ1) is 16.3. The molecule has 102 valence electrons. The van der Waals surface area contributed by atoms with Crippen LogP contribution in [0, 0.1) is 0 Å². The van der Waals surface area contributed by atoms with Gasteiger partial charge in [0.25, 0.3) is 5.91 Å². The Morgan fingerprint density at radius 3 is 2.44 bits per heavy atom. The van der Waals surface area contributed by atoms with Gasteiger partial charge >= 0.3 is 0 Å². The molecule has 9 heteroatoms. The van der Waals surface area contributed by atoms with Crippen molar-refractivity contribution in [1.82, 2.24) is 10.9 Å². The zero-order valence-electron chi connectivity index (χ0n) is 9.12. The van der Waals surface area contributed by atoms with Crippen LogP contribution in [0.5, 0.6) is 17.2 Å². The lowest BCUT2D eigenvalue weighted by Crippen LogP contribution is -2.46. The highest BCUT2D eigenvalue weighted by Crippen LogP contribution is 2.36. The van der Waals surface area contributed by atoms with Crippen LogP contribution in [0.15, 0.2) is 12.1 Å². The molecule has 1 amide bonds. The van der Waals surface area contributed by atoms with Crippen molar-refractivity contribution in [2.45, 2.75) is 12.8 Å². The lowest BCUT2D eigenvalue weighted by molar-refractivity contribution is -0.130. The van der Waals surface area contributed by atoms with E-state index in [9.17, 15) is 15.0 Å². The average molecular weight is 280 g/mol. The normalized spacial score (nSPS) is 11.4. The van der Waals surface area contributed by atoms with E-state index < -0.39 is 29.4 Å². The lowest BCUT2D eigenvalue weighted by atomic mass is 10.2. The van der Waals surface area contributed by atoms with E-state index in [4.69, 9.17) is 15.9 Å². The largest absolute Gasteiger partial charge is 0.504 e. The number of aliphatic hydroxyl groups excluding tert-OH is 1. The van der Waals surface area contributed by atoms with Gasteiger partial charge in [0.1, 0.15) is 0 Å². The number of nitrogens with one attached hydrogen (secondary N) is 2. The van der Waals surface area contributed by atoms with Crippen molar-refractivity contribution in [2.75, 3.05) is 0 Å². The van der Waals surface area contributed by atoms with Crippen LogP contribution in [0.3, 0.4) is 0 Å². The number of benzene rings is 1. The highest BCUT2D eigenvalue weighted by atomic mass is 35.5.